The quantitative estimate of drug-likeness (QED) is 0.462. The van der Waals surface area contributed by atoms with Gasteiger partial charge in [0.25, 0.3) is 5.56 Å². The fourth-order valence-corrected chi connectivity index (χ4v) is 3.75. The molecule has 0 spiro atoms. The molecule has 0 fully saturated rings. The van der Waals surface area contributed by atoms with Crippen LogP contribution < -0.4 is 5.56 Å². The Kier molecular flexibility index (Phi) is 3.27. The summed E-state index contributed by atoms with van der Waals surface area (Å²) in [7, 11) is 0. The van der Waals surface area contributed by atoms with Crippen molar-refractivity contribution in [2.45, 2.75) is 6.92 Å². The number of nitrogens with zero attached hydrogens (tertiary/aromatic N) is 2. The number of benzene rings is 2. The third-order valence-corrected chi connectivity index (χ3v) is 4.56. The number of fused-ring (bicyclic) bond motifs is 3. The number of aromatic nitrogens is 2. The topological polar surface area (TPSA) is 34.9 Å². The van der Waals surface area contributed by atoms with Crippen molar-refractivity contribution in [1.29, 1.82) is 0 Å². The molecule has 112 valence electrons. The molecule has 4 heteroatoms. The summed E-state index contributed by atoms with van der Waals surface area (Å²) in [5, 5.41) is 2.70. The number of rotatable bonds is 1. The Bertz CT molecular complexity index is 1100. The summed E-state index contributed by atoms with van der Waals surface area (Å²) < 4.78 is 2.57. The van der Waals surface area contributed by atoms with Gasteiger partial charge in [0.15, 0.2) is 0 Å². The standard InChI is InChI=1S/C19H13BrN2O/c1-12-10-15-13-6-2-3-7-14(13)19(23)22(18(15)16(20)11-12)17-8-4-5-9-21-17/h2-11H,1H3. The van der Waals surface area contributed by atoms with E-state index in [9.17, 15) is 4.79 Å². The zero-order valence-corrected chi connectivity index (χ0v) is 14.0. The highest BCUT2D eigenvalue weighted by atomic mass is 79.9. The van der Waals surface area contributed by atoms with Crippen LogP contribution in [0.1, 0.15) is 5.56 Å². The zero-order valence-electron chi connectivity index (χ0n) is 12.5. The predicted molar refractivity (Wildman–Crippen MR) is 97.3 cm³/mol. The molecule has 2 aromatic carbocycles. The van der Waals surface area contributed by atoms with Gasteiger partial charge in [0, 0.05) is 21.4 Å². The first kappa shape index (κ1) is 14.2. The molecule has 0 N–H and O–H groups in total. The number of hydrogen-bond donors (Lipinski definition) is 0. The van der Waals surface area contributed by atoms with Gasteiger partial charge in [-0.25, -0.2) is 4.98 Å². The largest absolute Gasteiger partial charge is 0.268 e. The second kappa shape index (κ2) is 5.32. The van der Waals surface area contributed by atoms with Crippen LogP contribution in [0.15, 0.2) is 70.1 Å². The highest BCUT2D eigenvalue weighted by Gasteiger charge is 2.15. The maximum absolute atomic E-state index is 13.1. The normalized spacial score (nSPS) is 11.2. The van der Waals surface area contributed by atoms with Crippen LogP contribution in [0, 0.1) is 6.92 Å². The minimum atomic E-state index is -0.0589. The maximum Gasteiger partial charge on any atom is 0.264 e. The third kappa shape index (κ3) is 2.18. The van der Waals surface area contributed by atoms with Gasteiger partial charge >= 0.3 is 0 Å². The molecule has 0 bridgehead atoms. The van der Waals surface area contributed by atoms with Gasteiger partial charge < -0.3 is 0 Å². The van der Waals surface area contributed by atoms with Crippen LogP contribution in [-0.4, -0.2) is 9.55 Å². The van der Waals surface area contributed by atoms with E-state index in [1.807, 2.05) is 48.5 Å². The first-order chi connectivity index (χ1) is 11.2. The second-order valence-electron chi connectivity index (χ2n) is 5.52. The van der Waals surface area contributed by atoms with E-state index in [0.29, 0.717) is 11.2 Å². The summed E-state index contributed by atoms with van der Waals surface area (Å²) >= 11 is 3.63. The van der Waals surface area contributed by atoms with Gasteiger partial charge in [-0.15, -0.1) is 0 Å². The molecular formula is C19H13BrN2O. The summed E-state index contributed by atoms with van der Waals surface area (Å²) in [6, 6.07) is 17.4. The van der Waals surface area contributed by atoms with Crippen molar-refractivity contribution < 1.29 is 0 Å². The lowest BCUT2D eigenvalue weighted by Crippen LogP contribution is -2.20. The highest BCUT2D eigenvalue weighted by molar-refractivity contribution is 9.10. The van der Waals surface area contributed by atoms with Crippen LogP contribution >= 0.6 is 15.9 Å². The van der Waals surface area contributed by atoms with E-state index in [1.165, 1.54) is 0 Å². The first-order valence-corrected chi connectivity index (χ1v) is 8.11. The third-order valence-electron chi connectivity index (χ3n) is 3.96. The van der Waals surface area contributed by atoms with Crippen LogP contribution in [0.25, 0.3) is 27.5 Å². The molecule has 4 aromatic rings. The SMILES string of the molecule is Cc1cc(Br)c2c(c1)c1ccccc1c(=O)n2-c1ccccn1. The molecule has 3 nitrogen and oxygen atoms in total. The predicted octanol–water partition coefficient (Wildman–Crippen LogP) is 4.61. The smallest absolute Gasteiger partial charge is 0.264 e. The number of pyridine rings is 2. The van der Waals surface area contributed by atoms with Gasteiger partial charge in [-0.2, -0.15) is 0 Å². The minimum Gasteiger partial charge on any atom is -0.268 e. The maximum atomic E-state index is 13.1. The molecule has 0 saturated carbocycles. The Hall–Kier alpha value is -2.46. The lowest BCUT2D eigenvalue weighted by Gasteiger charge is -2.14. The Morgan fingerprint density at radius 2 is 1.70 bits per heavy atom. The molecule has 0 amide bonds. The van der Waals surface area contributed by atoms with Crippen molar-refractivity contribution >= 4 is 37.6 Å². The van der Waals surface area contributed by atoms with Crippen LogP contribution in [0.2, 0.25) is 0 Å². The zero-order chi connectivity index (χ0) is 16.0. The van der Waals surface area contributed by atoms with Gasteiger partial charge in [-0.3, -0.25) is 9.36 Å². The van der Waals surface area contributed by atoms with E-state index < -0.39 is 0 Å². The number of halogens is 1. The average molecular weight is 365 g/mol. The highest BCUT2D eigenvalue weighted by Crippen LogP contribution is 2.31. The van der Waals surface area contributed by atoms with Gasteiger partial charge in [0.05, 0.1) is 5.52 Å². The second-order valence-corrected chi connectivity index (χ2v) is 6.37. The molecule has 0 aliphatic carbocycles. The summed E-state index contributed by atoms with van der Waals surface area (Å²) in [5.74, 6) is 0.623. The lowest BCUT2D eigenvalue weighted by molar-refractivity contribution is 0.994. The van der Waals surface area contributed by atoms with Crippen LogP contribution in [-0.2, 0) is 0 Å². The first-order valence-electron chi connectivity index (χ1n) is 7.32. The van der Waals surface area contributed by atoms with E-state index in [1.54, 1.807) is 10.8 Å². The summed E-state index contributed by atoms with van der Waals surface area (Å²) in [6.07, 6.45) is 1.70. The number of hydrogen-bond acceptors (Lipinski definition) is 2. The van der Waals surface area contributed by atoms with Gasteiger partial charge in [0.2, 0.25) is 0 Å². The number of aryl methyl sites for hydroxylation is 1. The van der Waals surface area contributed by atoms with Crippen LogP contribution in [0.5, 0.6) is 0 Å². The monoisotopic (exact) mass is 364 g/mol. The van der Waals surface area contributed by atoms with Crippen molar-refractivity contribution in [1.82, 2.24) is 9.55 Å². The Labute approximate surface area is 141 Å². The molecule has 0 atom stereocenters. The van der Waals surface area contributed by atoms with E-state index >= 15 is 0 Å². The van der Waals surface area contributed by atoms with Gasteiger partial charge in [0.1, 0.15) is 5.82 Å². The van der Waals surface area contributed by atoms with E-state index in [4.69, 9.17) is 0 Å². The Morgan fingerprint density at radius 1 is 0.957 bits per heavy atom. The Morgan fingerprint density at radius 3 is 2.43 bits per heavy atom. The van der Waals surface area contributed by atoms with Crippen molar-refractivity contribution in [2.75, 3.05) is 0 Å². The summed E-state index contributed by atoms with van der Waals surface area (Å²) in [4.78, 5) is 17.5. The minimum absolute atomic E-state index is 0.0589. The summed E-state index contributed by atoms with van der Waals surface area (Å²) in [6.45, 7) is 2.05. The Balaban J connectivity index is 2.33. The molecule has 0 saturated heterocycles. The van der Waals surface area contributed by atoms with Crippen LogP contribution in [0.4, 0.5) is 0 Å². The van der Waals surface area contributed by atoms with Crippen molar-refractivity contribution in [3.05, 3.63) is 81.2 Å². The molecular weight excluding hydrogens is 352 g/mol. The molecule has 4 rings (SSSR count). The summed E-state index contributed by atoms with van der Waals surface area (Å²) in [5.41, 5.74) is 1.93. The molecule has 0 unspecified atom stereocenters. The van der Waals surface area contributed by atoms with Crippen molar-refractivity contribution in [2.24, 2.45) is 0 Å². The molecule has 2 aromatic heterocycles. The molecule has 2 heterocycles. The fraction of sp³-hybridized carbons (Fsp3) is 0.0526. The average Bonchev–Trinajstić information content (AvgIpc) is 2.57. The molecule has 0 radical (unpaired) electrons. The van der Waals surface area contributed by atoms with E-state index in [2.05, 4.69) is 33.9 Å². The lowest BCUT2D eigenvalue weighted by atomic mass is 10.0. The van der Waals surface area contributed by atoms with Crippen molar-refractivity contribution in [3.63, 3.8) is 0 Å². The fourth-order valence-electron chi connectivity index (χ4n) is 3.00. The van der Waals surface area contributed by atoms with E-state index in [0.717, 1.165) is 26.3 Å². The van der Waals surface area contributed by atoms with Gasteiger partial charge in [-0.1, -0.05) is 24.3 Å². The van der Waals surface area contributed by atoms with Crippen LogP contribution in [0.3, 0.4) is 0 Å². The van der Waals surface area contributed by atoms with E-state index in [-0.39, 0.29) is 5.56 Å². The van der Waals surface area contributed by atoms with Crippen molar-refractivity contribution in [3.8, 4) is 5.82 Å². The molecule has 0 aliphatic rings. The molecule has 23 heavy (non-hydrogen) atoms. The van der Waals surface area contributed by atoms with Gasteiger partial charge in [-0.05, 0) is 64.1 Å². The molecule has 0 aliphatic heterocycles.